The van der Waals surface area contributed by atoms with Crippen molar-refractivity contribution < 1.29 is 4.79 Å². The van der Waals surface area contributed by atoms with Gasteiger partial charge in [0.2, 0.25) is 0 Å². The van der Waals surface area contributed by atoms with Gasteiger partial charge in [0.1, 0.15) is 0 Å². The first kappa shape index (κ1) is 12.1. The van der Waals surface area contributed by atoms with Gasteiger partial charge in [0.15, 0.2) is 0 Å². The second-order valence-electron chi connectivity index (χ2n) is 5.04. The summed E-state index contributed by atoms with van der Waals surface area (Å²) in [5.41, 5.74) is 1.97. The molecule has 0 radical (unpaired) electrons. The zero-order chi connectivity index (χ0) is 12.4. The number of aryl methyl sites for hydroxylation is 1. The summed E-state index contributed by atoms with van der Waals surface area (Å²) < 4.78 is 0. The van der Waals surface area contributed by atoms with Crippen molar-refractivity contribution in [2.75, 3.05) is 13.1 Å². The summed E-state index contributed by atoms with van der Waals surface area (Å²) in [6, 6.07) is 8.54. The Labute approximate surface area is 103 Å². The lowest BCUT2D eigenvalue weighted by Gasteiger charge is -2.36. The quantitative estimate of drug-likeness (QED) is 0.801. The van der Waals surface area contributed by atoms with Crippen molar-refractivity contribution in [3.8, 4) is 0 Å². The lowest BCUT2D eigenvalue weighted by molar-refractivity contribution is 0.0674. The second-order valence-corrected chi connectivity index (χ2v) is 5.04. The minimum absolute atomic E-state index is 0.144. The topological polar surface area (TPSA) is 32.3 Å². The van der Waals surface area contributed by atoms with E-state index in [4.69, 9.17) is 0 Å². The third-order valence-electron chi connectivity index (χ3n) is 3.14. The lowest BCUT2D eigenvalue weighted by Crippen LogP contribution is -2.55. The van der Waals surface area contributed by atoms with Gasteiger partial charge in [-0.25, -0.2) is 0 Å². The number of amides is 1. The number of hydrogen-bond donors (Lipinski definition) is 1. The summed E-state index contributed by atoms with van der Waals surface area (Å²) >= 11 is 0. The molecule has 0 spiro atoms. The highest BCUT2D eigenvalue weighted by atomic mass is 16.2. The Balaban J connectivity index is 2.11. The minimum Gasteiger partial charge on any atom is -0.336 e. The number of benzene rings is 1. The van der Waals surface area contributed by atoms with E-state index in [9.17, 15) is 4.79 Å². The van der Waals surface area contributed by atoms with E-state index in [-0.39, 0.29) is 5.91 Å². The Bertz CT molecular complexity index is 389. The molecule has 3 nitrogen and oxygen atoms in total. The molecule has 2 atom stereocenters. The van der Waals surface area contributed by atoms with Crippen molar-refractivity contribution in [3.63, 3.8) is 0 Å². The molecule has 1 amide bonds. The van der Waals surface area contributed by atoms with Gasteiger partial charge in [0.05, 0.1) is 0 Å². The van der Waals surface area contributed by atoms with Crippen LogP contribution in [-0.2, 0) is 0 Å². The maximum absolute atomic E-state index is 12.3. The van der Waals surface area contributed by atoms with Crippen LogP contribution in [0.25, 0.3) is 0 Å². The van der Waals surface area contributed by atoms with Crippen LogP contribution >= 0.6 is 0 Å². The summed E-state index contributed by atoms with van der Waals surface area (Å²) in [5, 5.41) is 3.43. The summed E-state index contributed by atoms with van der Waals surface area (Å²) in [6.45, 7) is 7.84. The fourth-order valence-electron chi connectivity index (χ4n) is 2.37. The van der Waals surface area contributed by atoms with Crippen LogP contribution in [0, 0.1) is 6.92 Å². The van der Waals surface area contributed by atoms with Crippen molar-refractivity contribution >= 4 is 5.91 Å². The predicted octanol–water partition coefficient (Wildman–Crippen LogP) is 1.82. The molecule has 2 rings (SSSR count). The Hall–Kier alpha value is -1.35. The molecular formula is C14H20N2O. The summed E-state index contributed by atoms with van der Waals surface area (Å²) in [7, 11) is 0. The number of nitrogens with one attached hydrogen (secondary N) is 1. The summed E-state index contributed by atoms with van der Waals surface area (Å²) in [4.78, 5) is 14.2. The largest absolute Gasteiger partial charge is 0.336 e. The third-order valence-corrected chi connectivity index (χ3v) is 3.14. The van der Waals surface area contributed by atoms with E-state index >= 15 is 0 Å². The van der Waals surface area contributed by atoms with Crippen molar-refractivity contribution in [2.45, 2.75) is 32.9 Å². The molecule has 1 aromatic carbocycles. The first-order valence-electron chi connectivity index (χ1n) is 6.18. The molecule has 1 aliphatic rings. The van der Waals surface area contributed by atoms with Crippen molar-refractivity contribution in [1.82, 2.24) is 10.2 Å². The smallest absolute Gasteiger partial charge is 0.253 e. The van der Waals surface area contributed by atoms with Gasteiger partial charge < -0.3 is 10.2 Å². The zero-order valence-electron chi connectivity index (χ0n) is 10.7. The Morgan fingerprint density at radius 3 is 2.24 bits per heavy atom. The Kier molecular flexibility index (Phi) is 3.48. The average molecular weight is 232 g/mol. The van der Waals surface area contributed by atoms with Crippen LogP contribution < -0.4 is 5.32 Å². The van der Waals surface area contributed by atoms with Gasteiger partial charge in [0, 0.05) is 30.7 Å². The highest BCUT2D eigenvalue weighted by Crippen LogP contribution is 2.11. The standard InChI is InChI=1S/C14H20N2O/c1-10-4-6-13(7-5-10)14(17)16-8-11(2)15-12(3)9-16/h4-7,11-12,15H,8-9H2,1-3H3. The van der Waals surface area contributed by atoms with Gasteiger partial charge in [-0.05, 0) is 32.9 Å². The second kappa shape index (κ2) is 4.88. The van der Waals surface area contributed by atoms with E-state index in [1.165, 1.54) is 5.56 Å². The summed E-state index contributed by atoms with van der Waals surface area (Å²) in [6.07, 6.45) is 0. The number of carbonyl (C=O) groups excluding carboxylic acids is 1. The number of piperazine rings is 1. The monoisotopic (exact) mass is 232 g/mol. The zero-order valence-corrected chi connectivity index (χ0v) is 10.7. The molecule has 0 bridgehead atoms. The first-order chi connectivity index (χ1) is 8.06. The molecule has 0 saturated carbocycles. The van der Waals surface area contributed by atoms with Crippen LogP contribution in [0.4, 0.5) is 0 Å². The maximum atomic E-state index is 12.3. The number of rotatable bonds is 1. The number of hydrogen-bond acceptors (Lipinski definition) is 2. The fourth-order valence-corrected chi connectivity index (χ4v) is 2.37. The molecule has 1 aliphatic heterocycles. The molecular weight excluding hydrogens is 212 g/mol. The van der Waals surface area contributed by atoms with E-state index in [0.717, 1.165) is 18.7 Å². The van der Waals surface area contributed by atoms with Gasteiger partial charge in [-0.15, -0.1) is 0 Å². The van der Waals surface area contributed by atoms with Gasteiger partial charge in [-0.3, -0.25) is 4.79 Å². The van der Waals surface area contributed by atoms with Crippen molar-refractivity contribution in [3.05, 3.63) is 35.4 Å². The van der Waals surface area contributed by atoms with E-state index < -0.39 is 0 Å². The molecule has 0 aliphatic carbocycles. The molecule has 3 heteroatoms. The van der Waals surface area contributed by atoms with E-state index in [2.05, 4.69) is 19.2 Å². The molecule has 1 aromatic rings. The van der Waals surface area contributed by atoms with Crippen LogP contribution in [0.15, 0.2) is 24.3 Å². The lowest BCUT2D eigenvalue weighted by atomic mass is 10.1. The highest BCUT2D eigenvalue weighted by molar-refractivity contribution is 5.94. The first-order valence-corrected chi connectivity index (χ1v) is 6.18. The van der Waals surface area contributed by atoms with E-state index in [1.54, 1.807) is 0 Å². The van der Waals surface area contributed by atoms with Gasteiger partial charge in [-0.1, -0.05) is 17.7 Å². The Morgan fingerprint density at radius 2 is 1.71 bits per heavy atom. The van der Waals surface area contributed by atoms with Gasteiger partial charge in [0.25, 0.3) is 5.91 Å². The highest BCUT2D eigenvalue weighted by Gasteiger charge is 2.25. The van der Waals surface area contributed by atoms with E-state index in [0.29, 0.717) is 12.1 Å². The SMILES string of the molecule is Cc1ccc(C(=O)N2CC(C)NC(C)C2)cc1. The van der Waals surface area contributed by atoms with Gasteiger partial charge in [-0.2, -0.15) is 0 Å². The van der Waals surface area contributed by atoms with Gasteiger partial charge >= 0.3 is 0 Å². The molecule has 1 heterocycles. The normalized spacial score (nSPS) is 24.8. The number of nitrogens with zero attached hydrogens (tertiary/aromatic N) is 1. The summed E-state index contributed by atoms with van der Waals surface area (Å²) in [5.74, 6) is 0.144. The fraction of sp³-hybridized carbons (Fsp3) is 0.500. The molecule has 17 heavy (non-hydrogen) atoms. The van der Waals surface area contributed by atoms with Crippen molar-refractivity contribution in [1.29, 1.82) is 0 Å². The third kappa shape index (κ3) is 2.86. The maximum Gasteiger partial charge on any atom is 0.253 e. The van der Waals surface area contributed by atoms with Crippen LogP contribution in [-0.4, -0.2) is 36.0 Å². The molecule has 1 saturated heterocycles. The predicted molar refractivity (Wildman–Crippen MR) is 69.1 cm³/mol. The van der Waals surface area contributed by atoms with E-state index in [1.807, 2.05) is 36.1 Å². The Morgan fingerprint density at radius 1 is 1.18 bits per heavy atom. The molecule has 0 aromatic heterocycles. The van der Waals surface area contributed by atoms with Crippen LogP contribution in [0.1, 0.15) is 29.8 Å². The van der Waals surface area contributed by atoms with Crippen molar-refractivity contribution in [2.24, 2.45) is 0 Å². The number of carbonyl (C=O) groups is 1. The van der Waals surface area contributed by atoms with Crippen LogP contribution in [0.2, 0.25) is 0 Å². The minimum atomic E-state index is 0.144. The average Bonchev–Trinajstić information content (AvgIpc) is 2.28. The molecule has 1 N–H and O–H groups in total. The van der Waals surface area contributed by atoms with Crippen LogP contribution in [0.3, 0.4) is 0 Å². The van der Waals surface area contributed by atoms with Crippen LogP contribution in [0.5, 0.6) is 0 Å². The molecule has 1 fully saturated rings. The molecule has 2 unspecified atom stereocenters. The molecule has 92 valence electrons.